The molecule has 0 fully saturated rings. The zero-order valence-corrected chi connectivity index (χ0v) is 14.2. The molecule has 0 radical (unpaired) electrons. The number of hydrogen-bond donors (Lipinski definition) is 1. The van der Waals surface area contributed by atoms with Crippen molar-refractivity contribution in [3.63, 3.8) is 0 Å². The van der Waals surface area contributed by atoms with Crippen LogP contribution in [0, 0.1) is 0 Å². The summed E-state index contributed by atoms with van der Waals surface area (Å²) in [6.07, 6.45) is 1.98. The maximum absolute atomic E-state index is 12.7. The van der Waals surface area contributed by atoms with Gasteiger partial charge in [0.05, 0.1) is 11.9 Å². The summed E-state index contributed by atoms with van der Waals surface area (Å²) in [6.45, 7) is 0. The highest BCUT2D eigenvalue weighted by molar-refractivity contribution is 7.98. The van der Waals surface area contributed by atoms with Crippen LogP contribution < -0.4 is 5.56 Å². The molecule has 1 N–H and O–H groups in total. The quantitative estimate of drug-likeness (QED) is 0.728. The minimum atomic E-state index is -1.35. The summed E-state index contributed by atoms with van der Waals surface area (Å²) >= 11 is 1.60. The average Bonchev–Trinajstić information content (AvgIpc) is 2.61. The number of benzene rings is 2. The lowest BCUT2D eigenvalue weighted by Crippen LogP contribution is -2.32. The van der Waals surface area contributed by atoms with Gasteiger partial charge in [-0.25, -0.2) is 9.36 Å². The van der Waals surface area contributed by atoms with Gasteiger partial charge in [0, 0.05) is 4.90 Å². The molecule has 0 aliphatic heterocycles. The number of carboxylic acid groups (broad SMARTS) is 1. The minimum absolute atomic E-state index is 0.0155. The Morgan fingerprint density at radius 1 is 1.08 bits per heavy atom. The van der Waals surface area contributed by atoms with Crippen LogP contribution in [0.2, 0.25) is 0 Å². The van der Waals surface area contributed by atoms with E-state index in [1.807, 2.05) is 30.5 Å². The highest BCUT2D eigenvalue weighted by Gasteiger charge is 2.19. The number of thioether (sulfide) groups is 1. The smallest absolute Gasteiger partial charge is 0.341 e. The van der Waals surface area contributed by atoms with Crippen molar-refractivity contribution < 1.29 is 14.7 Å². The Hall–Kier alpha value is -2.86. The first kappa shape index (κ1) is 17.0. The Kier molecular flexibility index (Phi) is 4.72. The van der Waals surface area contributed by atoms with Gasteiger partial charge < -0.3 is 5.11 Å². The summed E-state index contributed by atoms with van der Waals surface area (Å²) < 4.78 is 0.960. The number of nitrogens with zero attached hydrogens (tertiary/aromatic N) is 1. The number of aromatic carboxylic acids is 1. The number of rotatable bonds is 4. The van der Waals surface area contributed by atoms with E-state index in [0.29, 0.717) is 10.9 Å². The molecule has 0 unspecified atom stereocenters. The van der Waals surface area contributed by atoms with Gasteiger partial charge in [-0.3, -0.25) is 9.59 Å². The summed E-state index contributed by atoms with van der Waals surface area (Å²) in [4.78, 5) is 37.7. The number of carbonyl (C=O) groups excluding carboxylic acids is 1. The van der Waals surface area contributed by atoms with E-state index in [1.54, 1.807) is 36.0 Å². The minimum Gasteiger partial charge on any atom is -0.477 e. The summed E-state index contributed by atoms with van der Waals surface area (Å²) in [6, 6.07) is 15.5. The van der Waals surface area contributed by atoms with Crippen molar-refractivity contribution in [3.05, 3.63) is 76.1 Å². The Labute approximate surface area is 147 Å². The number of carboxylic acids is 1. The Balaban J connectivity index is 2.09. The predicted octanol–water partition coefficient (Wildman–Crippen LogP) is 3.30. The summed E-state index contributed by atoms with van der Waals surface area (Å²) in [5, 5.41) is 9.78. The van der Waals surface area contributed by atoms with Crippen LogP contribution in [-0.4, -0.2) is 27.8 Å². The zero-order valence-electron chi connectivity index (χ0n) is 13.4. The number of hydrogen-bond acceptors (Lipinski definition) is 4. The number of para-hydroxylation sites is 1. The van der Waals surface area contributed by atoms with Crippen LogP contribution in [0.1, 0.15) is 20.7 Å². The molecule has 0 aliphatic rings. The van der Waals surface area contributed by atoms with Crippen molar-refractivity contribution in [2.45, 2.75) is 11.3 Å². The highest BCUT2D eigenvalue weighted by Crippen LogP contribution is 2.17. The highest BCUT2D eigenvalue weighted by atomic mass is 32.2. The van der Waals surface area contributed by atoms with Gasteiger partial charge in [-0.1, -0.05) is 30.3 Å². The zero-order chi connectivity index (χ0) is 18.0. The molecule has 0 amide bonds. The molecule has 1 heterocycles. The molecule has 0 atom stereocenters. The van der Waals surface area contributed by atoms with Crippen molar-refractivity contribution >= 4 is 34.5 Å². The second-order valence-corrected chi connectivity index (χ2v) is 6.36. The van der Waals surface area contributed by atoms with Crippen LogP contribution in [-0.2, 0) is 6.42 Å². The average molecular weight is 353 g/mol. The van der Waals surface area contributed by atoms with Crippen molar-refractivity contribution in [1.82, 2.24) is 4.57 Å². The third kappa shape index (κ3) is 3.34. The molecular formula is C19H15NO4S. The van der Waals surface area contributed by atoms with E-state index >= 15 is 0 Å². The second-order valence-electron chi connectivity index (χ2n) is 5.48. The molecule has 2 aromatic carbocycles. The molecule has 0 spiro atoms. The largest absolute Gasteiger partial charge is 0.477 e. The lowest BCUT2D eigenvalue weighted by molar-refractivity contribution is 0.0694. The number of carbonyl (C=O) groups is 2. The van der Waals surface area contributed by atoms with Gasteiger partial charge in [-0.15, -0.1) is 11.8 Å². The van der Waals surface area contributed by atoms with Gasteiger partial charge in [-0.05, 0) is 41.5 Å². The topological polar surface area (TPSA) is 76.4 Å². The maximum atomic E-state index is 12.7. The molecule has 3 aromatic rings. The third-order valence-corrected chi connectivity index (χ3v) is 4.65. The predicted molar refractivity (Wildman–Crippen MR) is 97.7 cm³/mol. The van der Waals surface area contributed by atoms with E-state index in [0.717, 1.165) is 15.0 Å². The standard InChI is InChI=1S/C19H15NO4S/c1-25-14-8-6-12(7-9-14)10-17(21)20-16-5-3-2-4-13(16)11-15(18(20)22)19(23)24/h2-9,11H,10H2,1H3,(H,23,24). The lowest BCUT2D eigenvalue weighted by atomic mass is 10.1. The van der Waals surface area contributed by atoms with Crippen molar-refractivity contribution in [1.29, 1.82) is 0 Å². The monoisotopic (exact) mass is 353 g/mol. The molecule has 0 saturated carbocycles. The molecule has 0 saturated heterocycles. The SMILES string of the molecule is CSc1ccc(CC(=O)n2c(=O)c(C(=O)O)cc3ccccc32)cc1. The molecule has 126 valence electrons. The molecule has 5 nitrogen and oxygen atoms in total. The van der Waals surface area contributed by atoms with Crippen LogP contribution in [0.4, 0.5) is 0 Å². The fourth-order valence-corrected chi connectivity index (χ4v) is 3.07. The van der Waals surface area contributed by atoms with Gasteiger partial charge in [0.1, 0.15) is 5.56 Å². The van der Waals surface area contributed by atoms with Crippen LogP contribution >= 0.6 is 11.8 Å². The summed E-state index contributed by atoms with van der Waals surface area (Å²) in [7, 11) is 0. The molecular weight excluding hydrogens is 338 g/mol. The van der Waals surface area contributed by atoms with E-state index in [1.165, 1.54) is 6.07 Å². The van der Waals surface area contributed by atoms with Crippen molar-refractivity contribution in [2.75, 3.05) is 6.26 Å². The van der Waals surface area contributed by atoms with E-state index in [4.69, 9.17) is 0 Å². The van der Waals surface area contributed by atoms with Crippen LogP contribution in [0.15, 0.2) is 64.3 Å². The Morgan fingerprint density at radius 2 is 1.76 bits per heavy atom. The molecule has 6 heteroatoms. The fourth-order valence-electron chi connectivity index (χ4n) is 2.66. The lowest BCUT2D eigenvalue weighted by Gasteiger charge is -2.10. The molecule has 1 aromatic heterocycles. The first-order chi connectivity index (χ1) is 12.0. The van der Waals surface area contributed by atoms with Crippen LogP contribution in [0.25, 0.3) is 10.9 Å². The first-order valence-electron chi connectivity index (χ1n) is 7.55. The number of fused-ring (bicyclic) bond motifs is 1. The van der Waals surface area contributed by atoms with Gasteiger partial charge >= 0.3 is 5.97 Å². The van der Waals surface area contributed by atoms with Gasteiger partial charge in [0.15, 0.2) is 0 Å². The Bertz CT molecular complexity index is 1020. The van der Waals surface area contributed by atoms with Crippen LogP contribution in [0.5, 0.6) is 0 Å². The van der Waals surface area contributed by atoms with E-state index < -0.39 is 23.0 Å². The van der Waals surface area contributed by atoms with Crippen LogP contribution in [0.3, 0.4) is 0 Å². The fraction of sp³-hybridized carbons (Fsp3) is 0.105. The van der Waals surface area contributed by atoms with Gasteiger partial charge in [0.25, 0.3) is 5.56 Å². The van der Waals surface area contributed by atoms with Crippen molar-refractivity contribution in [3.8, 4) is 0 Å². The number of aromatic nitrogens is 1. The van der Waals surface area contributed by atoms with E-state index in [-0.39, 0.29) is 6.42 Å². The summed E-state index contributed by atoms with van der Waals surface area (Å²) in [5.74, 6) is -1.80. The molecule has 3 rings (SSSR count). The first-order valence-corrected chi connectivity index (χ1v) is 8.78. The molecule has 25 heavy (non-hydrogen) atoms. The number of pyridine rings is 1. The van der Waals surface area contributed by atoms with Gasteiger partial charge in [-0.2, -0.15) is 0 Å². The van der Waals surface area contributed by atoms with Crippen molar-refractivity contribution in [2.24, 2.45) is 0 Å². The van der Waals surface area contributed by atoms with Gasteiger partial charge in [0.2, 0.25) is 5.91 Å². The molecule has 0 aliphatic carbocycles. The second kappa shape index (κ2) is 6.94. The van der Waals surface area contributed by atoms with E-state index in [2.05, 4.69) is 0 Å². The molecule has 0 bridgehead atoms. The summed E-state index contributed by atoms with van der Waals surface area (Å²) in [5.41, 5.74) is -0.0514. The normalized spacial score (nSPS) is 10.8. The van der Waals surface area contributed by atoms with E-state index in [9.17, 15) is 19.5 Å². The third-order valence-electron chi connectivity index (χ3n) is 3.91. The Morgan fingerprint density at radius 3 is 2.40 bits per heavy atom. The maximum Gasteiger partial charge on any atom is 0.341 e.